The topological polar surface area (TPSA) is 70.6 Å². The maximum atomic E-state index is 11.5. The third kappa shape index (κ3) is 7.70. The Kier molecular flexibility index (Phi) is 6.76. The Morgan fingerprint density at radius 3 is 2.70 bits per heavy atom. The first-order chi connectivity index (χ1) is 9.26. The Bertz CT molecular complexity index is 302. The normalized spacial score (nSPS) is 25.1. The molecular weight excluding hydrogens is 256 g/mol. The van der Waals surface area contributed by atoms with Crippen molar-refractivity contribution in [3.63, 3.8) is 0 Å². The van der Waals surface area contributed by atoms with Crippen LogP contribution < -0.4 is 10.6 Å². The third-order valence-electron chi connectivity index (χ3n) is 3.46. The maximum Gasteiger partial charge on any atom is 0.407 e. The fourth-order valence-corrected chi connectivity index (χ4v) is 2.44. The van der Waals surface area contributed by atoms with Gasteiger partial charge >= 0.3 is 6.09 Å². The van der Waals surface area contributed by atoms with E-state index in [0.717, 1.165) is 25.8 Å². The molecule has 1 rings (SSSR count). The Morgan fingerprint density at radius 1 is 1.40 bits per heavy atom. The van der Waals surface area contributed by atoms with E-state index in [2.05, 4.69) is 10.6 Å². The Balaban J connectivity index is 2.14. The van der Waals surface area contributed by atoms with Crippen LogP contribution in [0.2, 0.25) is 0 Å². The minimum atomic E-state index is -0.459. The predicted molar refractivity (Wildman–Crippen MR) is 79.7 cm³/mol. The van der Waals surface area contributed by atoms with Crippen molar-refractivity contribution in [2.75, 3.05) is 13.1 Å². The van der Waals surface area contributed by atoms with Gasteiger partial charge in [-0.15, -0.1) is 0 Å². The summed E-state index contributed by atoms with van der Waals surface area (Å²) in [6.07, 6.45) is 3.60. The molecule has 20 heavy (non-hydrogen) atoms. The van der Waals surface area contributed by atoms with Gasteiger partial charge in [-0.2, -0.15) is 0 Å². The summed E-state index contributed by atoms with van der Waals surface area (Å²) in [4.78, 5) is 11.5. The van der Waals surface area contributed by atoms with Crippen LogP contribution in [0.1, 0.15) is 53.4 Å². The van der Waals surface area contributed by atoms with Crippen LogP contribution >= 0.6 is 0 Å². The molecule has 3 N–H and O–H groups in total. The summed E-state index contributed by atoms with van der Waals surface area (Å²) in [6, 6.07) is 0.196. The second-order valence-corrected chi connectivity index (χ2v) is 6.88. The highest BCUT2D eigenvalue weighted by molar-refractivity contribution is 5.67. The number of amides is 1. The number of aliphatic hydroxyl groups is 1. The van der Waals surface area contributed by atoms with Gasteiger partial charge in [0.2, 0.25) is 0 Å². The van der Waals surface area contributed by atoms with E-state index in [9.17, 15) is 9.90 Å². The Hall–Kier alpha value is -0.810. The van der Waals surface area contributed by atoms with Crippen molar-refractivity contribution in [2.24, 2.45) is 5.92 Å². The minimum Gasteiger partial charge on any atom is -0.444 e. The lowest BCUT2D eigenvalue weighted by Crippen LogP contribution is -2.43. The maximum absolute atomic E-state index is 11.5. The Labute approximate surface area is 122 Å². The molecule has 0 heterocycles. The van der Waals surface area contributed by atoms with Gasteiger partial charge in [-0.3, -0.25) is 0 Å². The van der Waals surface area contributed by atoms with Gasteiger partial charge in [0.15, 0.2) is 0 Å². The van der Waals surface area contributed by atoms with E-state index < -0.39 is 5.60 Å². The molecule has 0 radical (unpaired) electrons. The lowest BCUT2D eigenvalue weighted by molar-refractivity contribution is 0.0522. The smallest absolute Gasteiger partial charge is 0.407 e. The van der Waals surface area contributed by atoms with Gasteiger partial charge < -0.3 is 20.5 Å². The molecule has 3 unspecified atom stereocenters. The zero-order valence-electron chi connectivity index (χ0n) is 13.2. The van der Waals surface area contributed by atoms with E-state index >= 15 is 0 Å². The van der Waals surface area contributed by atoms with Crippen LogP contribution in [0.3, 0.4) is 0 Å². The fraction of sp³-hybridized carbons (Fsp3) is 0.933. The second-order valence-electron chi connectivity index (χ2n) is 6.88. The van der Waals surface area contributed by atoms with Crippen LogP contribution in [0.5, 0.6) is 0 Å². The number of hydrogen-bond donors (Lipinski definition) is 3. The molecule has 0 saturated heterocycles. The first kappa shape index (κ1) is 17.2. The standard InChI is InChI=1S/C15H30N2O3/c1-11(9-17-14(19)20-15(2,3)4)16-10-12-6-5-7-13(18)8-12/h11-13,16,18H,5-10H2,1-4H3,(H,17,19). The molecule has 0 aromatic carbocycles. The molecule has 1 saturated carbocycles. The molecule has 1 aliphatic carbocycles. The number of rotatable bonds is 5. The average Bonchev–Trinajstić information content (AvgIpc) is 2.32. The van der Waals surface area contributed by atoms with Crippen LogP contribution in [0.4, 0.5) is 4.79 Å². The Morgan fingerprint density at radius 2 is 2.10 bits per heavy atom. The largest absolute Gasteiger partial charge is 0.444 e. The first-order valence-electron chi connectivity index (χ1n) is 7.64. The summed E-state index contributed by atoms with van der Waals surface area (Å²) in [6.45, 7) is 9.03. The molecule has 1 aliphatic rings. The zero-order valence-corrected chi connectivity index (χ0v) is 13.2. The first-order valence-corrected chi connectivity index (χ1v) is 7.64. The summed E-state index contributed by atoms with van der Waals surface area (Å²) in [5, 5.41) is 15.8. The number of aliphatic hydroxyl groups excluding tert-OH is 1. The third-order valence-corrected chi connectivity index (χ3v) is 3.46. The fourth-order valence-electron chi connectivity index (χ4n) is 2.44. The van der Waals surface area contributed by atoms with Crippen molar-refractivity contribution in [1.29, 1.82) is 0 Å². The van der Waals surface area contributed by atoms with Crippen molar-refractivity contribution in [1.82, 2.24) is 10.6 Å². The van der Waals surface area contributed by atoms with E-state index in [4.69, 9.17) is 4.74 Å². The van der Waals surface area contributed by atoms with Crippen molar-refractivity contribution in [3.05, 3.63) is 0 Å². The average molecular weight is 286 g/mol. The van der Waals surface area contributed by atoms with E-state index in [0.29, 0.717) is 12.5 Å². The minimum absolute atomic E-state index is 0.134. The molecule has 0 bridgehead atoms. The van der Waals surface area contributed by atoms with Gasteiger partial charge in [-0.1, -0.05) is 6.42 Å². The molecule has 0 aromatic rings. The summed E-state index contributed by atoms with van der Waals surface area (Å²) in [7, 11) is 0. The summed E-state index contributed by atoms with van der Waals surface area (Å²) in [5.41, 5.74) is -0.459. The van der Waals surface area contributed by atoms with Gasteiger partial charge in [-0.05, 0) is 59.4 Å². The van der Waals surface area contributed by atoms with Gasteiger partial charge in [0, 0.05) is 12.6 Å². The molecular formula is C15H30N2O3. The number of carbonyl (C=O) groups excluding carboxylic acids is 1. The van der Waals surface area contributed by atoms with Gasteiger partial charge in [-0.25, -0.2) is 4.79 Å². The highest BCUT2D eigenvalue weighted by Gasteiger charge is 2.20. The molecule has 1 fully saturated rings. The number of carbonyl (C=O) groups is 1. The van der Waals surface area contributed by atoms with Crippen molar-refractivity contribution < 1.29 is 14.6 Å². The molecule has 0 aromatic heterocycles. The highest BCUT2D eigenvalue weighted by Crippen LogP contribution is 2.23. The zero-order chi connectivity index (χ0) is 15.2. The van der Waals surface area contributed by atoms with Gasteiger partial charge in [0.1, 0.15) is 5.60 Å². The number of ether oxygens (including phenoxy) is 1. The molecule has 3 atom stereocenters. The van der Waals surface area contributed by atoms with Gasteiger partial charge in [0.05, 0.1) is 6.10 Å². The van der Waals surface area contributed by atoms with Crippen molar-refractivity contribution in [3.8, 4) is 0 Å². The quantitative estimate of drug-likeness (QED) is 0.723. The van der Waals surface area contributed by atoms with Crippen molar-refractivity contribution >= 4 is 6.09 Å². The summed E-state index contributed by atoms with van der Waals surface area (Å²) in [5.74, 6) is 0.544. The molecule has 1 amide bonds. The number of nitrogens with one attached hydrogen (secondary N) is 2. The monoisotopic (exact) mass is 286 g/mol. The summed E-state index contributed by atoms with van der Waals surface area (Å²) >= 11 is 0. The van der Waals surface area contributed by atoms with Crippen LogP contribution in [0.25, 0.3) is 0 Å². The number of alkyl carbamates (subject to hydrolysis) is 1. The van der Waals surface area contributed by atoms with Crippen LogP contribution in [-0.2, 0) is 4.74 Å². The van der Waals surface area contributed by atoms with Crippen LogP contribution in [0, 0.1) is 5.92 Å². The highest BCUT2D eigenvalue weighted by atomic mass is 16.6. The molecule has 118 valence electrons. The van der Waals surface area contributed by atoms with Crippen LogP contribution in [0.15, 0.2) is 0 Å². The molecule has 5 heteroatoms. The second kappa shape index (κ2) is 7.84. The molecule has 0 aliphatic heterocycles. The number of hydrogen-bond acceptors (Lipinski definition) is 4. The van der Waals surface area contributed by atoms with Gasteiger partial charge in [0.25, 0.3) is 0 Å². The van der Waals surface area contributed by atoms with Crippen molar-refractivity contribution in [2.45, 2.75) is 71.1 Å². The lowest BCUT2D eigenvalue weighted by atomic mass is 9.87. The SMILES string of the molecule is CC(CNC(=O)OC(C)(C)C)NCC1CCCC(O)C1. The lowest BCUT2D eigenvalue weighted by Gasteiger charge is -2.27. The predicted octanol–water partition coefficient (Wildman–Crippen LogP) is 2.04. The summed E-state index contributed by atoms with van der Waals surface area (Å²) < 4.78 is 5.19. The van der Waals surface area contributed by atoms with E-state index in [1.54, 1.807) is 0 Å². The van der Waals surface area contributed by atoms with E-state index in [1.165, 1.54) is 6.42 Å². The molecule has 0 spiro atoms. The van der Waals surface area contributed by atoms with E-state index in [-0.39, 0.29) is 18.2 Å². The van der Waals surface area contributed by atoms with Crippen LogP contribution in [-0.4, -0.2) is 42.0 Å². The molecule has 5 nitrogen and oxygen atoms in total. The van der Waals surface area contributed by atoms with E-state index in [1.807, 2.05) is 27.7 Å².